The van der Waals surface area contributed by atoms with Crippen LogP contribution in [-0.4, -0.2) is 43.9 Å². The summed E-state index contributed by atoms with van der Waals surface area (Å²) in [5.41, 5.74) is 1.76. The highest BCUT2D eigenvalue weighted by Gasteiger charge is 2.06. The zero-order valence-corrected chi connectivity index (χ0v) is 11.9. The molecule has 2 aromatic rings. The summed E-state index contributed by atoms with van der Waals surface area (Å²) >= 11 is 0. The fourth-order valence-corrected chi connectivity index (χ4v) is 1.88. The van der Waals surface area contributed by atoms with Gasteiger partial charge in [0.05, 0.1) is 18.2 Å². The molecule has 112 valence electrons. The SMILES string of the molecule is CCC(O)CCNC(=O)Cc1ccc(-n2cnnn2)cc1. The van der Waals surface area contributed by atoms with Gasteiger partial charge in [-0.15, -0.1) is 5.10 Å². The van der Waals surface area contributed by atoms with E-state index in [1.165, 1.54) is 6.33 Å². The van der Waals surface area contributed by atoms with E-state index < -0.39 is 0 Å². The van der Waals surface area contributed by atoms with Crippen molar-refractivity contribution in [1.29, 1.82) is 0 Å². The molecule has 0 saturated carbocycles. The third-order valence-electron chi connectivity index (χ3n) is 3.19. The standard InChI is InChI=1S/C14H19N5O2/c1-2-13(20)7-8-15-14(21)9-11-3-5-12(6-4-11)19-10-16-17-18-19/h3-6,10,13,20H,2,7-9H2,1H3,(H,15,21). The molecule has 0 bridgehead atoms. The molecule has 0 aliphatic carbocycles. The van der Waals surface area contributed by atoms with E-state index in [4.69, 9.17) is 0 Å². The number of aliphatic hydroxyl groups excluding tert-OH is 1. The number of nitrogens with zero attached hydrogens (tertiary/aromatic N) is 4. The molecule has 1 amide bonds. The monoisotopic (exact) mass is 289 g/mol. The van der Waals surface area contributed by atoms with Gasteiger partial charge in [0.15, 0.2) is 0 Å². The second-order valence-corrected chi connectivity index (χ2v) is 4.80. The molecule has 0 aliphatic heterocycles. The van der Waals surface area contributed by atoms with Crippen molar-refractivity contribution < 1.29 is 9.90 Å². The van der Waals surface area contributed by atoms with E-state index in [0.717, 1.165) is 11.3 Å². The van der Waals surface area contributed by atoms with E-state index >= 15 is 0 Å². The van der Waals surface area contributed by atoms with Crippen molar-refractivity contribution in [3.05, 3.63) is 36.2 Å². The number of carbonyl (C=O) groups is 1. The number of aromatic nitrogens is 4. The van der Waals surface area contributed by atoms with Crippen LogP contribution >= 0.6 is 0 Å². The largest absolute Gasteiger partial charge is 0.393 e. The summed E-state index contributed by atoms with van der Waals surface area (Å²) in [5.74, 6) is -0.0477. The lowest BCUT2D eigenvalue weighted by Gasteiger charge is -2.09. The van der Waals surface area contributed by atoms with Crippen LogP contribution in [0.5, 0.6) is 0 Å². The second-order valence-electron chi connectivity index (χ2n) is 4.80. The number of hydrogen-bond acceptors (Lipinski definition) is 5. The Morgan fingerprint density at radius 1 is 1.38 bits per heavy atom. The Balaban J connectivity index is 1.81. The summed E-state index contributed by atoms with van der Waals surface area (Å²) in [6.45, 7) is 2.41. The van der Waals surface area contributed by atoms with Crippen molar-refractivity contribution in [2.24, 2.45) is 0 Å². The van der Waals surface area contributed by atoms with E-state index in [2.05, 4.69) is 20.8 Å². The zero-order valence-electron chi connectivity index (χ0n) is 11.9. The lowest BCUT2D eigenvalue weighted by atomic mass is 10.1. The molecular formula is C14H19N5O2. The van der Waals surface area contributed by atoms with Crippen LogP contribution in [-0.2, 0) is 11.2 Å². The van der Waals surface area contributed by atoms with Gasteiger partial charge in [0.2, 0.25) is 5.91 Å². The Morgan fingerprint density at radius 2 is 2.14 bits per heavy atom. The fraction of sp³-hybridized carbons (Fsp3) is 0.429. The summed E-state index contributed by atoms with van der Waals surface area (Å²) in [4.78, 5) is 11.8. The van der Waals surface area contributed by atoms with Crippen LogP contribution in [0.4, 0.5) is 0 Å². The van der Waals surface area contributed by atoms with Gasteiger partial charge >= 0.3 is 0 Å². The lowest BCUT2D eigenvalue weighted by Crippen LogP contribution is -2.28. The second kappa shape index (κ2) is 7.49. The number of tetrazole rings is 1. The Morgan fingerprint density at radius 3 is 2.76 bits per heavy atom. The van der Waals surface area contributed by atoms with E-state index in [1.54, 1.807) is 4.68 Å². The van der Waals surface area contributed by atoms with Crippen LogP contribution < -0.4 is 5.32 Å². The molecule has 0 saturated heterocycles. The highest BCUT2D eigenvalue weighted by molar-refractivity contribution is 5.78. The fourth-order valence-electron chi connectivity index (χ4n) is 1.88. The first-order valence-electron chi connectivity index (χ1n) is 6.96. The Bertz CT molecular complexity index is 553. The quantitative estimate of drug-likeness (QED) is 0.773. The Labute approximate surface area is 123 Å². The van der Waals surface area contributed by atoms with Crippen LogP contribution in [0.2, 0.25) is 0 Å². The van der Waals surface area contributed by atoms with Gasteiger partial charge in [-0.2, -0.15) is 0 Å². The number of nitrogens with one attached hydrogen (secondary N) is 1. The highest BCUT2D eigenvalue weighted by Crippen LogP contribution is 2.08. The molecule has 7 heteroatoms. The maximum atomic E-state index is 11.8. The van der Waals surface area contributed by atoms with Gasteiger partial charge in [0.1, 0.15) is 6.33 Å². The molecule has 2 rings (SSSR count). The van der Waals surface area contributed by atoms with Crippen LogP contribution in [0.1, 0.15) is 25.3 Å². The van der Waals surface area contributed by atoms with Gasteiger partial charge in [-0.1, -0.05) is 19.1 Å². The van der Waals surface area contributed by atoms with Crippen molar-refractivity contribution in [2.75, 3.05) is 6.54 Å². The topological polar surface area (TPSA) is 92.9 Å². The third kappa shape index (κ3) is 4.64. The van der Waals surface area contributed by atoms with Crippen molar-refractivity contribution in [1.82, 2.24) is 25.5 Å². The zero-order chi connectivity index (χ0) is 15.1. The predicted molar refractivity (Wildman–Crippen MR) is 76.8 cm³/mol. The molecule has 1 heterocycles. The van der Waals surface area contributed by atoms with Crippen molar-refractivity contribution in [3.8, 4) is 5.69 Å². The lowest BCUT2D eigenvalue weighted by molar-refractivity contribution is -0.120. The van der Waals surface area contributed by atoms with Crippen molar-refractivity contribution in [2.45, 2.75) is 32.3 Å². The van der Waals surface area contributed by atoms with Crippen LogP contribution in [0.25, 0.3) is 5.69 Å². The third-order valence-corrected chi connectivity index (χ3v) is 3.19. The smallest absolute Gasteiger partial charge is 0.224 e. The summed E-state index contributed by atoms with van der Waals surface area (Å²) in [5, 5.41) is 23.2. The van der Waals surface area contributed by atoms with Gasteiger partial charge < -0.3 is 10.4 Å². The molecule has 0 fully saturated rings. The van der Waals surface area contributed by atoms with E-state index in [1.807, 2.05) is 31.2 Å². The molecule has 1 unspecified atom stereocenters. The molecule has 7 nitrogen and oxygen atoms in total. The van der Waals surface area contributed by atoms with E-state index in [0.29, 0.717) is 25.8 Å². The summed E-state index contributed by atoms with van der Waals surface area (Å²) in [7, 11) is 0. The minimum absolute atomic E-state index is 0.0477. The maximum Gasteiger partial charge on any atom is 0.224 e. The molecule has 2 N–H and O–H groups in total. The normalized spacial score (nSPS) is 12.1. The first-order chi connectivity index (χ1) is 10.2. The number of rotatable bonds is 7. The van der Waals surface area contributed by atoms with Crippen LogP contribution in [0.15, 0.2) is 30.6 Å². The summed E-state index contributed by atoms with van der Waals surface area (Å²) in [6, 6.07) is 7.47. The highest BCUT2D eigenvalue weighted by atomic mass is 16.3. The summed E-state index contributed by atoms with van der Waals surface area (Å²) in [6.07, 6.45) is 2.77. The molecule has 21 heavy (non-hydrogen) atoms. The Kier molecular flexibility index (Phi) is 5.39. The summed E-state index contributed by atoms with van der Waals surface area (Å²) < 4.78 is 1.55. The van der Waals surface area contributed by atoms with Crippen LogP contribution in [0.3, 0.4) is 0 Å². The predicted octanol–water partition coefficient (Wildman–Crippen LogP) is 0.482. The number of carbonyl (C=O) groups excluding carboxylic acids is 1. The van der Waals surface area contributed by atoms with Gasteiger partial charge in [-0.25, -0.2) is 4.68 Å². The molecule has 0 radical (unpaired) electrons. The molecule has 0 aliphatic rings. The molecule has 1 aromatic heterocycles. The average Bonchev–Trinajstić information content (AvgIpc) is 3.02. The number of aliphatic hydroxyl groups is 1. The Hall–Kier alpha value is -2.28. The van der Waals surface area contributed by atoms with Crippen LogP contribution in [0, 0.1) is 0 Å². The molecule has 1 aromatic carbocycles. The number of benzene rings is 1. The first kappa shape index (κ1) is 15.1. The maximum absolute atomic E-state index is 11.8. The van der Waals surface area contributed by atoms with Gasteiger partial charge in [-0.3, -0.25) is 4.79 Å². The van der Waals surface area contributed by atoms with Crippen molar-refractivity contribution >= 4 is 5.91 Å². The van der Waals surface area contributed by atoms with Gasteiger partial charge in [0, 0.05) is 6.54 Å². The van der Waals surface area contributed by atoms with E-state index in [9.17, 15) is 9.90 Å². The molecular weight excluding hydrogens is 270 g/mol. The minimum atomic E-state index is -0.346. The van der Waals surface area contributed by atoms with Crippen molar-refractivity contribution in [3.63, 3.8) is 0 Å². The number of amides is 1. The van der Waals surface area contributed by atoms with Gasteiger partial charge in [-0.05, 0) is 41.0 Å². The minimum Gasteiger partial charge on any atom is -0.393 e. The average molecular weight is 289 g/mol. The molecule has 1 atom stereocenters. The number of hydrogen-bond donors (Lipinski definition) is 2. The van der Waals surface area contributed by atoms with E-state index in [-0.39, 0.29) is 12.0 Å². The first-order valence-corrected chi connectivity index (χ1v) is 6.96. The molecule has 0 spiro atoms. The van der Waals surface area contributed by atoms with Gasteiger partial charge in [0.25, 0.3) is 0 Å².